The number of imide groups is 1. The van der Waals surface area contributed by atoms with Crippen LogP contribution in [0.5, 0.6) is 0 Å². The second-order valence-corrected chi connectivity index (χ2v) is 9.57. The molecule has 0 aromatic rings. The fourth-order valence-electron chi connectivity index (χ4n) is 4.05. The summed E-state index contributed by atoms with van der Waals surface area (Å²) in [7, 11) is -1.41. The Morgan fingerprint density at radius 1 is 1.32 bits per heavy atom. The highest BCUT2D eigenvalue weighted by Gasteiger charge is 2.52. The lowest BCUT2D eigenvalue weighted by atomic mass is 9.98. The molecule has 1 saturated carbocycles. The second kappa shape index (κ2) is 6.59. The molecule has 140 valence electrons. The first kappa shape index (κ1) is 18.2. The lowest BCUT2D eigenvalue weighted by Gasteiger charge is -2.24. The van der Waals surface area contributed by atoms with Gasteiger partial charge in [0.15, 0.2) is 9.84 Å². The van der Waals surface area contributed by atoms with Crippen molar-refractivity contribution in [2.45, 2.75) is 56.5 Å². The summed E-state index contributed by atoms with van der Waals surface area (Å²) in [6.07, 6.45) is 4.30. The quantitative estimate of drug-likeness (QED) is 0.699. The van der Waals surface area contributed by atoms with Gasteiger partial charge in [0, 0.05) is 26.1 Å². The molecule has 8 nitrogen and oxygen atoms in total. The van der Waals surface area contributed by atoms with Crippen molar-refractivity contribution < 1.29 is 22.8 Å². The lowest BCUT2D eigenvalue weighted by Crippen LogP contribution is -2.44. The predicted octanol–water partition coefficient (Wildman–Crippen LogP) is 0.277. The maximum atomic E-state index is 12.5. The van der Waals surface area contributed by atoms with Gasteiger partial charge in [-0.2, -0.15) is 0 Å². The molecule has 1 aliphatic carbocycles. The van der Waals surface area contributed by atoms with Gasteiger partial charge >= 0.3 is 6.03 Å². The van der Waals surface area contributed by atoms with Crippen LogP contribution in [0, 0.1) is 0 Å². The van der Waals surface area contributed by atoms with Gasteiger partial charge < -0.3 is 10.2 Å². The van der Waals surface area contributed by atoms with Gasteiger partial charge in [-0.3, -0.25) is 14.5 Å². The highest BCUT2D eigenvalue weighted by molar-refractivity contribution is 7.91. The summed E-state index contributed by atoms with van der Waals surface area (Å²) >= 11 is 0. The highest BCUT2D eigenvalue weighted by atomic mass is 32.2. The number of sulfone groups is 1. The van der Waals surface area contributed by atoms with Crippen LogP contribution in [0.15, 0.2) is 0 Å². The van der Waals surface area contributed by atoms with Crippen molar-refractivity contribution in [1.82, 2.24) is 15.1 Å². The predicted molar refractivity (Wildman–Crippen MR) is 90.5 cm³/mol. The first-order chi connectivity index (χ1) is 11.7. The normalized spacial score (nSPS) is 27.1. The van der Waals surface area contributed by atoms with Gasteiger partial charge in [0.2, 0.25) is 5.91 Å². The topological polar surface area (TPSA) is 104 Å². The summed E-state index contributed by atoms with van der Waals surface area (Å²) in [5.41, 5.74) is -0.712. The van der Waals surface area contributed by atoms with Crippen LogP contribution in [-0.2, 0) is 19.4 Å². The molecule has 4 amide bonds. The van der Waals surface area contributed by atoms with Crippen molar-refractivity contribution in [2.24, 2.45) is 0 Å². The Hall–Kier alpha value is -1.64. The Bertz CT molecular complexity index is 684. The number of carbonyl (C=O) groups is 3. The van der Waals surface area contributed by atoms with E-state index in [9.17, 15) is 22.8 Å². The van der Waals surface area contributed by atoms with Crippen LogP contribution < -0.4 is 5.32 Å². The molecule has 1 atom stereocenters. The van der Waals surface area contributed by atoms with Crippen LogP contribution in [0.3, 0.4) is 0 Å². The zero-order valence-corrected chi connectivity index (χ0v) is 15.3. The molecule has 0 aromatic carbocycles. The van der Waals surface area contributed by atoms with Crippen molar-refractivity contribution in [1.29, 1.82) is 0 Å². The summed E-state index contributed by atoms with van der Waals surface area (Å²) in [5, 5.41) is 2.82. The summed E-state index contributed by atoms with van der Waals surface area (Å²) < 4.78 is 23.0. The number of carbonyl (C=O) groups excluding carboxylic acids is 3. The molecule has 2 saturated heterocycles. The average Bonchev–Trinajstić information content (AvgIpc) is 3.22. The third kappa shape index (κ3) is 3.51. The molecule has 0 aromatic heterocycles. The monoisotopic (exact) mass is 371 g/mol. The molecule has 1 spiro atoms. The Labute approximate surface area is 147 Å². The van der Waals surface area contributed by atoms with Crippen molar-refractivity contribution in [3.05, 3.63) is 0 Å². The van der Waals surface area contributed by atoms with Crippen LogP contribution in [0.25, 0.3) is 0 Å². The Kier molecular flexibility index (Phi) is 4.78. The van der Waals surface area contributed by atoms with E-state index in [0.717, 1.165) is 12.8 Å². The largest absolute Gasteiger partial charge is 0.342 e. The zero-order chi connectivity index (χ0) is 18.2. The molecule has 3 aliphatic rings. The van der Waals surface area contributed by atoms with Crippen LogP contribution in [0.1, 0.15) is 44.9 Å². The van der Waals surface area contributed by atoms with E-state index >= 15 is 0 Å². The summed E-state index contributed by atoms with van der Waals surface area (Å²) in [4.78, 5) is 39.5. The van der Waals surface area contributed by atoms with Crippen molar-refractivity contribution >= 4 is 27.7 Å². The van der Waals surface area contributed by atoms with Gasteiger partial charge in [-0.1, -0.05) is 12.8 Å². The Morgan fingerprint density at radius 2 is 2.00 bits per heavy atom. The minimum atomic E-state index is -3.03. The maximum absolute atomic E-state index is 12.5. The van der Waals surface area contributed by atoms with E-state index in [1.54, 1.807) is 7.05 Å². The van der Waals surface area contributed by atoms with Crippen LogP contribution in [-0.4, -0.2) is 72.7 Å². The molecule has 9 heteroatoms. The molecule has 2 heterocycles. The van der Waals surface area contributed by atoms with Gasteiger partial charge in [0.05, 0.1) is 11.5 Å². The smallest absolute Gasteiger partial charge is 0.325 e. The fourth-order valence-corrected chi connectivity index (χ4v) is 5.82. The fraction of sp³-hybridized carbons (Fsp3) is 0.812. The second-order valence-electron chi connectivity index (χ2n) is 7.34. The van der Waals surface area contributed by atoms with Gasteiger partial charge in [0.1, 0.15) is 5.54 Å². The molecule has 2 aliphatic heterocycles. The van der Waals surface area contributed by atoms with Gasteiger partial charge in [-0.25, -0.2) is 13.2 Å². The Morgan fingerprint density at radius 3 is 2.60 bits per heavy atom. The molecule has 3 rings (SSSR count). The molecule has 25 heavy (non-hydrogen) atoms. The number of amides is 4. The third-order valence-electron chi connectivity index (χ3n) is 5.62. The molecule has 3 fully saturated rings. The van der Waals surface area contributed by atoms with Crippen LogP contribution >= 0.6 is 0 Å². The minimum absolute atomic E-state index is 0.0186. The molecule has 1 unspecified atom stereocenters. The number of nitrogens with one attached hydrogen (secondary N) is 1. The SMILES string of the molecule is CN(C(=O)CCCN1C(=O)NC2(CCCC2)C1=O)C1CCS(=O)(=O)C1. The van der Waals surface area contributed by atoms with E-state index in [-0.39, 0.29) is 48.4 Å². The summed E-state index contributed by atoms with van der Waals surface area (Å²) in [6, 6.07) is -0.634. The summed E-state index contributed by atoms with van der Waals surface area (Å²) in [5.74, 6) is -0.174. The number of nitrogens with zero attached hydrogens (tertiary/aromatic N) is 2. The molecular formula is C16H25N3O5S. The first-order valence-corrected chi connectivity index (χ1v) is 10.7. The zero-order valence-electron chi connectivity index (χ0n) is 14.5. The third-order valence-corrected chi connectivity index (χ3v) is 7.38. The number of rotatable bonds is 5. The molecule has 0 bridgehead atoms. The maximum Gasteiger partial charge on any atom is 0.325 e. The van der Waals surface area contributed by atoms with E-state index in [1.165, 1.54) is 9.80 Å². The van der Waals surface area contributed by atoms with Crippen LogP contribution in [0.2, 0.25) is 0 Å². The van der Waals surface area contributed by atoms with Gasteiger partial charge in [0.25, 0.3) is 5.91 Å². The number of hydrogen-bond acceptors (Lipinski definition) is 5. The van der Waals surface area contributed by atoms with Crippen molar-refractivity contribution in [3.63, 3.8) is 0 Å². The van der Waals surface area contributed by atoms with Gasteiger partial charge in [-0.05, 0) is 25.7 Å². The average molecular weight is 371 g/mol. The number of hydrogen-bond donors (Lipinski definition) is 1. The first-order valence-electron chi connectivity index (χ1n) is 8.84. The highest BCUT2D eigenvalue weighted by Crippen LogP contribution is 2.35. The van der Waals surface area contributed by atoms with Crippen LogP contribution in [0.4, 0.5) is 4.79 Å². The molecule has 1 N–H and O–H groups in total. The van der Waals surface area contributed by atoms with Gasteiger partial charge in [-0.15, -0.1) is 0 Å². The van der Waals surface area contributed by atoms with E-state index in [2.05, 4.69) is 5.32 Å². The van der Waals surface area contributed by atoms with Crippen molar-refractivity contribution in [2.75, 3.05) is 25.1 Å². The lowest BCUT2D eigenvalue weighted by molar-refractivity contribution is -0.133. The Balaban J connectivity index is 1.48. The standard InChI is InChI=1S/C16H25N3O5S/c1-18(12-6-10-25(23,24)11-12)13(20)5-4-9-19-14(21)16(17-15(19)22)7-2-3-8-16/h12H,2-11H2,1H3,(H,17,22). The van der Waals surface area contributed by atoms with E-state index in [0.29, 0.717) is 25.7 Å². The number of urea groups is 1. The van der Waals surface area contributed by atoms with E-state index < -0.39 is 15.4 Å². The summed E-state index contributed by atoms with van der Waals surface area (Å²) in [6.45, 7) is 0.217. The van der Waals surface area contributed by atoms with E-state index in [4.69, 9.17) is 0 Å². The molecule has 0 radical (unpaired) electrons. The molecular weight excluding hydrogens is 346 g/mol. The van der Waals surface area contributed by atoms with E-state index in [1.807, 2.05) is 0 Å². The minimum Gasteiger partial charge on any atom is -0.342 e. The van der Waals surface area contributed by atoms with Crippen molar-refractivity contribution in [3.8, 4) is 0 Å².